The molecule has 1 amide bonds. The van der Waals surface area contributed by atoms with Crippen molar-refractivity contribution < 1.29 is 4.79 Å². The Balaban J connectivity index is 1.59. The molecule has 0 saturated carbocycles. The van der Waals surface area contributed by atoms with Crippen LogP contribution in [0.4, 0.5) is 0 Å². The number of nitrogens with zero attached hydrogens (tertiary/aromatic N) is 5. The number of hydrogen-bond acceptors (Lipinski definition) is 5. The van der Waals surface area contributed by atoms with Gasteiger partial charge in [-0.25, -0.2) is 14.5 Å². The van der Waals surface area contributed by atoms with Crippen LogP contribution >= 0.6 is 27.3 Å². The molecule has 0 spiro atoms. The predicted molar refractivity (Wildman–Crippen MR) is 111 cm³/mol. The van der Waals surface area contributed by atoms with E-state index in [2.05, 4.69) is 56.1 Å². The Morgan fingerprint density at radius 2 is 2.14 bits per heavy atom. The van der Waals surface area contributed by atoms with Gasteiger partial charge in [0, 0.05) is 24.2 Å². The van der Waals surface area contributed by atoms with Crippen LogP contribution < -0.4 is 0 Å². The minimum absolute atomic E-state index is 0.00966. The third kappa shape index (κ3) is 2.84. The van der Waals surface area contributed by atoms with Gasteiger partial charge < -0.3 is 4.90 Å². The van der Waals surface area contributed by atoms with E-state index in [0.717, 1.165) is 17.1 Å². The van der Waals surface area contributed by atoms with E-state index in [1.54, 1.807) is 16.8 Å². The molecule has 0 aliphatic carbocycles. The topological polar surface area (TPSA) is 63.4 Å². The zero-order valence-corrected chi connectivity index (χ0v) is 17.4. The van der Waals surface area contributed by atoms with Crippen molar-refractivity contribution in [2.75, 3.05) is 6.54 Å². The normalized spacial score (nSPS) is 16.4. The summed E-state index contributed by atoms with van der Waals surface area (Å²) in [6.07, 6.45) is 2.60. The van der Waals surface area contributed by atoms with Gasteiger partial charge in [0.1, 0.15) is 21.0 Å². The maximum absolute atomic E-state index is 13.4. The molecule has 1 aliphatic rings. The van der Waals surface area contributed by atoms with Crippen LogP contribution in [0, 0.1) is 0 Å². The molecule has 28 heavy (non-hydrogen) atoms. The lowest BCUT2D eigenvalue weighted by molar-refractivity contribution is 0.0672. The molecule has 1 aromatic carbocycles. The molecule has 1 atom stereocenters. The minimum atomic E-state index is -0.0698. The Kier molecular flexibility index (Phi) is 4.25. The lowest BCUT2D eigenvalue weighted by Crippen LogP contribution is -2.39. The number of rotatable bonds is 2. The molecule has 140 valence electrons. The zero-order valence-electron chi connectivity index (χ0n) is 15.0. The molecule has 6 nitrogen and oxygen atoms in total. The molecule has 4 aromatic rings. The molecular weight excluding hydrogens is 438 g/mol. The second-order valence-electron chi connectivity index (χ2n) is 6.72. The summed E-state index contributed by atoms with van der Waals surface area (Å²) in [5, 5.41) is 7.15. The van der Waals surface area contributed by atoms with E-state index < -0.39 is 0 Å². The second kappa shape index (κ2) is 6.79. The second-order valence-corrected chi connectivity index (χ2v) is 8.43. The minimum Gasteiger partial charge on any atom is -0.330 e. The van der Waals surface area contributed by atoms with E-state index in [1.165, 1.54) is 22.5 Å². The van der Waals surface area contributed by atoms with Crippen molar-refractivity contribution in [2.24, 2.45) is 0 Å². The van der Waals surface area contributed by atoms with Crippen LogP contribution in [0.15, 0.2) is 52.6 Å². The molecule has 0 bridgehead atoms. The maximum atomic E-state index is 13.4. The molecule has 0 saturated heterocycles. The monoisotopic (exact) mass is 453 g/mol. The Labute approximate surface area is 174 Å². The van der Waals surface area contributed by atoms with Gasteiger partial charge in [0.2, 0.25) is 0 Å². The summed E-state index contributed by atoms with van der Waals surface area (Å²) in [5.74, 6) is -0.0698. The number of thiazole rings is 1. The van der Waals surface area contributed by atoms with Gasteiger partial charge in [-0.3, -0.25) is 4.79 Å². The van der Waals surface area contributed by atoms with Gasteiger partial charge in [-0.2, -0.15) is 5.10 Å². The standard InChI is InChI=1S/C20H16BrN5OS/c1-12-14-5-3-2-4-13(14)6-8-25(12)20(27)15-10-16(19-22-7-9-28-19)26-18(23-15)11-17(21)24-26/h2-5,7,9-12H,6,8H2,1H3/t12-/m1/s1. The lowest BCUT2D eigenvalue weighted by Gasteiger charge is -2.35. The van der Waals surface area contributed by atoms with Gasteiger partial charge in [-0.05, 0) is 46.5 Å². The average Bonchev–Trinajstić information content (AvgIpc) is 3.36. The number of benzene rings is 1. The van der Waals surface area contributed by atoms with Crippen LogP contribution in [-0.2, 0) is 6.42 Å². The van der Waals surface area contributed by atoms with Crippen molar-refractivity contribution in [2.45, 2.75) is 19.4 Å². The third-order valence-corrected chi connectivity index (χ3v) is 6.31. The molecule has 0 radical (unpaired) electrons. The van der Waals surface area contributed by atoms with Crippen molar-refractivity contribution in [1.29, 1.82) is 0 Å². The lowest BCUT2D eigenvalue weighted by atomic mass is 9.93. The summed E-state index contributed by atoms with van der Waals surface area (Å²) in [6.45, 7) is 2.75. The first-order chi connectivity index (χ1) is 13.6. The fraction of sp³-hybridized carbons (Fsp3) is 0.200. The third-order valence-electron chi connectivity index (χ3n) is 5.12. The van der Waals surface area contributed by atoms with Crippen LogP contribution in [0.5, 0.6) is 0 Å². The summed E-state index contributed by atoms with van der Waals surface area (Å²) < 4.78 is 2.39. The number of carbonyl (C=O) groups excluding carboxylic acids is 1. The van der Waals surface area contributed by atoms with E-state index in [4.69, 9.17) is 0 Å². The van der Waals surface area contributed by atoms with Gasteiger partial charge in [0.05, 0.1) is 6.04 Å². The van der Waals surface area contributed by atoms with E-state index in [9.17, 15) is 4.79 Å². The molecule has 0 unspecified atom stereocenters. The summed E-state index contributed by atoms with van der Waals surface area (Å²) >= 11 is 4.91. The largest absolute Gasteiger partial charge is 0.330 e. The number of aromatic nitrogens is 4. The molecule has 8 heteroatoms. The summed E-state index contributed by atoms with van der Waals surface area (Å²) in [7, 11) is 0. The van der Waals surface area contributed by atoms with Crippen LogP contribution in [0.3, 0.4) is 0 Å². The summed E-state index contributed by atoms with van der Waals surface area (Å²) in [5.41, 5.74) is 4.31. The highest BCUT2D eigenvalue weighted by Crippen LogP contribution is 2.31. The van der Waals surface area contributed by atoms with Gasteiger partial charge >= 0.3 is 0 Å². The molecular formula is C20H16BrN5OS. The van der Waals surface area contributed by atoms with Crippen molar-refractivity contribution in [1.82, 2.24) is 24.5 Å². The first-order valence-electron chi connectivity index (χ1n) is 8.97. The van der Waals surface area contributed by atoms with E-state index in [-0.39, 0.29) is 11.9 Å². The zero-order chi connectivity index (χ0) is 19.3. The number of amides is 1. The molecule has 1 aliphatic heterocycles. The highest BCUT2D eigenvalue weighted by molar-refractivity contribution is 9.10. The number of hydrogen-bond donors (Lipinski definition) is 0. The van der Waals surface area contributed by atoms with E-state index in [1.807, 2.05) is 22.4 Å². The molecule has 5 rings (SSSR count). The number of halogens is 1. The first kappa shape index (κ1) is 17.5. The molecule has 0 fully saturated rings. The Morgan fingerprint density at radius 1 is 1.29 bits per heavy atom. The van der Waals surface area contributed by atoms with Crippen LogP contribution in [0.25, 0.3) is 16.3 Å². The SMILES string of the molecule is C[C@@H]1c2ccccc2CCN1C(=O)c1cc(-c2nccs2)n2nc(Br)cc2n1. The Morgan fingerprint density at radius 3 is 2.96 bits per heavy atom. The molecule has 3 aromatic heterocycles. The highest BCUT2D eigenvalue weighted by Gasteiger charge is 2.29. The quantitative estimate of drug-likeness (QED) is 0.451. The maximum Gasteiger partial charge on any atom is 0.273 e. The summed E-state index contributed by atoms with van der Waals surface area (Å²) in [4.78, 5) is 24.3. The van der Waals surface area contributed by atoms with Gasteiger partial charge in [0.25, 0.3) is 5.91 Å². The number of fused-ring (bicyclic) bond motifs is 2. The fourth-order valence-electron chi connectivity index (χ4n) is 3.75. The average molecular weight is 454 g/mol. The van der Waals surface area contributed by atoms with Crippen LogP contribution in [0.2, 0.25) is 0 Å². The van der Waals surface area contributed by atoms with Crippen molar-refractivity contribution in [3.63, 3.8) is 0 Å². The Hall–Kier alpha value is -2.58. The molecule has 0 N–H and O–H groups in total. The van der Waals surface area contributed by atoms with Crippen LogP contribution in [-0.4, -0.2) is 36.9 Å². The molecule has 4 heterocycles. The fourth-order valence-corrected chi connectivity index (χ4v) is 4.76. The van der Waals surface area contributed by atoms with Gasteiger partial charge in [0.15, 0.2) is 5.65 Å². The van der Waals surface area contributed by atoms with E-state index >= 15 is 0 Å². The first-order valence-corrected chi connectivity index (χ1v) is 10.6. The van der Waals surface area contributed by atoms with Gasteiger partial charge in [-0.1, -0.05) is 24.3 Å². The smallest absolute Gasteiger partial charge is 0.273 e. The van der Waals surface area contributed by atoms with Gasteiger partial charge in [-0.15, -0.1) is 11.3 Å². The van der Waals surface area contributed by atoms with Crippen molar-refractivity contribution >= 4 is 38.8 Å². The highest BCUT2D eigenvalue weighted by atomic mass is 79.9. The van der Waals surface area contributed by atoms with E-state index in [0.29, 0.717) is 22.5 Å². The van der Waals surface area contributed by atoms with Crippen molar-refractivity contribution in [3.8, 4) is 10.7 Å². The summed E-state index contributed by atoms with van der Waals surface area (Å²) in [6, 6.07) is 11.9. The Bertz CT molecular complexity index is 1190. The van der Waals surface area contributed by atoms with Crippen LogP contribution in [0.1, 0.15) is 34.6 Å². The predicted octanol–water partition coefficient (Wildman–Crippen LogP) is 4.37. The number of carbonyl (C=O) groups is 1. The van der Waals surface area contributed by atoms with Crippen molar-refractivity contribution in [3.05, 3.63) is 69.4 Å².